The van der Waals surface area contributed by atoms with Crippen molar-refractivity contribution in [2.75, 3.05) is 13.7 Å². The number of esters is 1. The molecule has 3 aliphatic heterocycles. The van der Waals surface area contributed by atoms with E-state index in [2.05, 4.69) is 0 Å². The number of furan rings is 1. The summed E-state index contributed by atoms with van der Waals surface area (Å²) >= 11 is 0. The van der Waals surface area contributed by atoms with E-state index in [1.54, 1.807) is 17.2 Å². The number of methoxy groups -OCH3 is 1. The van der Waals surface area contributed by atoms with Crippen LogP contribution in [-0.2, 0) is 25.6 Å². The van der Waals surface area contributed by atoms with Crippen molar-refractivity contribution in [3.8, 4) is 0 Å². The summed E-state index contributed by atoms with van der Waals surface area (Å²) in [7, 11) is 1.34. The van der Waals surface area contributed by atoms with Crippen molar-refractivity contribution in [2.24, 2.45) is 11.8 Å². The van der Waals surface area contributed by atoms with Crippen LogP contribution in [0.1, 0.15) is 5.76 Å². The molecule has 1 aromatic heterocycles. The molecule has 0 N–H and O–H groups in total. The Balaban J connectivity index is 1.64. The third kappa shape index (κ3) is 1.62. The number of likely N-dealkylation sites (tertiary alicyclic amines) is 1. The number of hydrogen-bond donors (Lipinski definition) is 0. The highest BCUT2D eigenvalue weighted by molar-refractivity contribution is 5.91. The molecule has 0 aliphatic carbocycles. The van der Waals surface area contributed by atoms with E-state index in [1.165, 1.54) is 7.11 Å². The first-order valence-corrected chi connectivity index (χ1v) is 6.91. The number of rotatable bonds is 3. The van der Waals surface area contributed by atoms with Gasteiger partial charge in [0.15, 0.2) is 0 Å². The van der Waals surface area contributed by atoms with Crippen LogP contribution in [0.5, 0.6) is 0 Å². The third-order valence-electron chi connectivity index (χ3n) is 4.58. The molecule has 1 amide bonds. The van der Waals surface area contributed by atoms with Gasteiger partial charge < -0.3 is 18.8 Å². The Bertz CT molecular complexity index is 622. The average Bonchev–Trinajstić information content (AvgIpc) is 3.22. The van der Waals surface area contributed by atoms with Crippen LogP contribution in [-0.4, -0.2) is 42.1 Å². The lowest BCUT2D eigenvalue weighted by Crippen LogP contribution is -2.39. The molecule has 4 rings (SSSR count). The molecule has 6 heteroatoms. The zero-order valence-corrected chi connectivity index (χ0v) is 11.5. The van der Waals surface area contributed by atoms with E-state index in [-0.39, 0.29) is 18.0 Å². The highest BCUT2D eigenvalue weighted by atomic mass is 16.5. The lowest BCUT2D eigenvalue weighted by atomic mass is 9.77. The largest absolute Gasteiger partial charge is 0.469 e. The zero-order valence-electron chi connectivity index (χ0n) is 11.5. The highest BCUT2D eigenvalue weighted by Crippen LogP contribution is 2.52. The monoisotopic (exact) mass is 289 g/mol. The fraction of sp³-hybridized carbons (Fsp3) is 0.467. The van der Waals surface area contributed by atoms with E-state index in [1.807, 2.05) is 18.2 Å². The van der Waals surface area contributed by atoms with Gasteiger partial charge in [0.2, 0.25) is 5.91 Å². The van der Waals surface area contributed by atoms with Gasteiger partial charge in [-0.25, -0.2) is 0 Å². The summed E-state index contributed by atoms with van der Waals surface area (Å²) in [5.41, 5.74) is -0.687. The summed E-state index contributed by atoms with van der Waals surface area (Å²) < 4.78 is 16.1. The SMILES string of the molecule is COC(=O)[C@@H]1[C@H]2C(=O)N(Cc3ccco3)C[C@]23C=C[C@H]1O3. The normalized spacial score (nSPS) is 36.3. The van der Waals surface area contributed by atoms with Crippen molar-refractivity contribution >= 4 is 11.9 Å². The van der Waals surface area contributed by atoms with Crippen LogP contribution in [0.2, 0.25) is 0 Å². The predicted octanol–water partition coefficient (Wildman–Crippen LogP) is 0.735. The van der Waals surface area contributed by atoms with Crippen molar-refractivity contribution in [3.05, 3.63) is 36.3 Å². The molecule has 4 atom stereocenters. The number of carbonyl (C=O) groups is 2. The molecule has 0 radical (unpaired) electrons. The van der Waals surface area contributed by atoms with Crippen LogP contribution >= 0.6 is 0 Å². The van der Waals surface area contributed by atoms with Gasteiger partial charge in [-0.2, -0.15) is 0 Å². The highest BCUT2D eigenvalue weighted by Gasteiger charge is 2.67. The molecular weight excluding hydrogens is 274 g/mol. The maximum absolute atomic E-state index is 12.7. The molecule has 4 heterocycles. The van der Waals surface area contributed by atoms with Crippen LogP contribution in [0.4, 0.5) is 0 Å². The summed E-state index contributed by atoms with van der Waals surface area (Å²) in [6.45, 7) is 0.831. The smallest absolute Gasteiger partial charge is 0.312 e. The van der Waals surface area contributed by atoms with Crippen molar-refractivity contribution in [1.82, 2.24) is 4.90 Å². The minimum Gasteiger partial charge on any atom is -0.469 e. The average molecular weight is 289 g/mol. The standard InChI is InChI=1S/C15H15NO5/c1-19-14(18)11-10-4-5-15(21-10)8-16(13(17)12(11)15)7-9-3-2-6-20-9/h2-6,10-12H,7-8H2,1H3/t10-,11+,12+,15-/m1/s1. The maximum atomic E-state index is 12.7. The molecule has 6 nitrogen and oxygen atoms in total. The van der Waals surface area contributed by atoms with Gasteiger partial charge in [-0.05, 0) is 12.1 Å². The summed E-state index contributed by atoms with van der Waals surface area (Å²) in [4.78, 5) is 26.4. The molecule has 2 saturated heterocycles. The van der Waals surface area contributed by atoms with Crippen LogP contribution < -0.4 is 0 Å². The van der Waals surface area contributed by atoms with E-state index >= 15 is 0 Å². The summed E-state index contributed by atoms with van der Waals surface area (Å²) in [5, 5.41) is 0. The van der Waals surface area contributed by atoms with E-state index in [0.29, 0.717) is 18.8 Å². The Hall–Kier alpha value is -2.08. The number of ether oxygens (including phenoxy) is 2. The number of carbonyl (C=O) groups excluding carboxylic acids is 2. The fourth-order valence-electron chi connectivity index (χ4n) is 3.71. The van der Waals surface area contributed by atoms with Gasteiger partial charge >= 0.3 is 5.97 Å². The predicted molar refractivity (Wildman–Crippen MR) is 69.9 cm³/mol. The molecule has 110 valence electrons. The van der Waals surface area contributed by atoms with Crippen LogP contribution in [0.15, 0.2) is 35.0 Å². The minimum atomic E-state index is -0.687. The first kappa shape index (κ1) is 12.6. The molecule has 0 saturated carbocycles. The van der Waals surface area contributed by atoms with Gasteiger partial charge in [-0.15, -0.1) is 0 Å². The number of fused-ring (bicyclic) bond motifs is 1. The van der Waals surface area contributed by atoms with Crippen LogP contribution in [0.25, 0.3) is 0 Å². The molecular formula is C15H15NO5. The fourth-order valence-corrected chi connectivity index (χ4v) is 3.71. The first-order chi connectivity index (χ1) is 10.1. The molecule has 2 bridgehead atoms. The van der Waals surface area contributed by atoms with Gasteiger partial charge in [-0.1, -0.05) is 12.2 Å². The molecule has 2 fully saturated rings. The van der Waals surface area contributed by atoms with Gasteiger partial charge in [0.05, 0.1) is 38.5 Å². The van der Waals surface area contributed by atoms with Gasteiger partial charge in [0.1, 0.15) is 17.3 Å². The second kappa shape index (κ2) is 4.21. The number of amides is 1. The van der Waals surface area contributed by atoms with Crippen LogP contribution in [0, 0.1) is 11.8 Å². The molecule has 21 heavy (non-hydrogen) atoms. The Morgan fingerprint density at radius 1 is 1.57 bits per heavy atom. The van der Waals surface area contributed by atoms with Gasteiger partial charge in [0.25, 0.3) is 0 Å². The second-order valence-electron chi connectivity index (χ2n) is 5.70. The van der Waals surface area contributed by atoms with Crippen molar-refractivity contribution < 1.29 is 23.5 Å². The zero-order chi connectivity index (χ0) is 14.6. The molecule has 1 spiro atoms. The summed E-state index contributed by atoms with van der Waals surface area (Å²) in [6.07, 6.45) is 5.01. The van der Waals surface area contributed by atoms with E-state index in [0.717, 1.165) is 0 Å². The molecule has 0 unspecified atom stereocenters. The topological polar surface area (TPSA) is 69.0 Å². The molecule has 1 aromatic rings. The summed E-state index contributed by atoms with van der Waals surface area (Å²) in [5.74, 6) is -0.782. The minimum absolute atomic E-state index is 0.0753. The molecule has 3 aliphatic rings. The Kier molecular flexibility index (Phi) is 2.53. The maximum Gasteiger partial charge on any atom is 0.312 e. The Morgan fingerprint density at radius 3 is 3.14 bits per heavy atom. The van der Waals surface area contributed by atoms with Crippen molar-refractivity contribution in [1.29, 1.82) is 0 Å². The molecule has 0 aromatic carbocycles. The van der Waals surface area contributed by atoms with Crippen molar-refractivity contribution in [3.63, 3.8) is 0 Å². The van der Waals surface area contributed by atoms with E-state index < -0.39 is 17.4 Å². The number of hydrogen-bond acceptors (Lipinski definition) is 5. The lowest BCUT2D eigenvalue weighted by Gasteiger charge is -2.22. The lowest BCUT2D eigenvalue weighted by molar-refractivity contribution is -0.151. The quantitative estimate of drug-likeness (QED) is 0.606. The number of nitrogens with zero attached hydrogens (tertiary/aromatic N) is 1. The third-order valence-corrected chi connectivity index (χ3v) is 4.58. The Morgan fingerprint density at radius 2 is 2.43 bits per heavy atom. The van der Waals surface area contributed by atoms with Crippen molar-refractivity contribution in [2.45, 2.75) is 18.2 Å². The van der Waals surface area contributed by atoms with Crippen LogP contribution in [0.3, 0.4) is 0 Å². The Labute approximate surface area is 121 Å². The second-order valence-corrected chi connectivity index (χ2v) is 5.70. The first-order valence-electron chi connectivity index (χ1n) is 6.91. The van der Waals surface area contributed by atoms with Gasteiger partial charge in [0, 0.05) is 0 Å². The summed E-state index contributed by atoms with van der Waals surface area (Å²) in [6, 6.07) is 3.61. The van der Waals surface area contributed by atoms with Gasteiger partial charge in [-0.3, -0.25) is 9.59 Å². The van der Waals surface area contributed by atoms with E-state index in [4.69, 9.17) is 13.9 Å². The van der Waals surface area contributed by atoms with E-state index in [9.17, 15) is 9.59 Å².